The molecule has 0 saturated heterocycles. The van der Waals surface area contributed by atoms with Crippen LogP contribution in [-0.4, -0.2) is 8.42 Å². The molecule has 55 heavy (non-hydrogen) atoms. The molecule has 6 aromatic rings. The molecule has 0 spiro atoms. The highest BCUT2D eigenvalue weighted by Gasteiger charge is 2.40. The van der Waals surface area contributed by atoms with Crippen LogP contribution in [0, 0.1) is 45.3 Å². The van der Waals surface area contributed by atoms with Crippen LogP contribution in [0.2, 0.25) is 0 Å². The summed E-state index contributed by atoms with van der Waals surface area (Å²) in [5, 5.41) is 42.4. The van der Waals surface area contributed by atoms with Gasteiger partial charge in [-0.3, -0.25) is 0 Å². The number of rotatable bonds is 4. The molecule has 0 saturated carbocycles. The summed E-state index contributed by atoms with van der Waals surface area (Å²) in [6, 6.07) is 44.8. The summed E-state index contributed by atoms with van der Waals surface area (Å²) in [6.45, 7) is 8.48. The predicted octanol–water partition coefficient (Wildman–Crippen LogP) is 10.2. The third-order valence-corrected chi connectivity index (χ3v) is 12.7. The first-order chi connectivity index (χ1) is 26.4. The molecular formula is C46H32N6O2S. The molecule has 0 bridgehead atoms. The molecule has 6 aromatic carbocycles. The van der Waals surface area contributed by atoms with E-state index in [1.165, 1.54) is 24.3 Å². The SMILES string of the molecule is CC1(C)c2ccccc2N(c2c(C#N)cc(S(=O)(=O)c3cc(C#N)c(N4c5ccccc5C(C)(C)c5ccccc54)c(C#N)c3)cc2C#N)c2ccccc21. The molecule has 2 aliphatic heterocycles. The van der Waals surface area contributed by atoms with Gasteiger partial charge in [0.2, 0.25) is 9.84 Å². The number of sulfone groups is 1. The number of nitrogens with zero attached hydrogens (tertiary/aromatic N) is 6. The molecule has 0 radical (unpaired) electrons. The zero-order valence-corrected chi connectivity index (χ0v) is 31.3. The molecule has 9 heteroatoms. The van der Waals surface area contributed by atoms with Crippen LogP contribution in [0.25, 0.3) is 0 Å². The topological polar surface area (TPSA) is 136 Å². The van der Waals surface area contributed by atoms with Gasteiger partial charge in [-0.15, -0.1) is 0 Å². The predicted molar refractivity (Wildman–Crippen MR) is 211 cm³/mol. The Kier molecular flexibility index (Phi) is 7.91. The van der Waals surface area contributed by atoms with Crippen molar-refractivity contribution in [2.75, 3.05) is 9.80 Å². The standard InChI is InChI=1S/C46H32N6O2S/c1-45(2)35-13-5-9-17-39(35)51(40-18-10-6-14-36(40)45)43-29(25-47)21-33(22-30(43)26-48)55(53,54)34-23-31(27-49)44(32(24-34)28-50)52-41-19-11-7-15-37(41)46(3,4)38-16-8-12-20-42(38)52/h5-24H,1-4H3. The minimum absolute atomic E-state index is 0.0243. The smallest absolute Gasteiger partial charge is 0.206 e. The summed E-state index contributed by atoms with van der Waals surface area (Å²) in [7, 11) is -4.49. The summed E-state index contributed by atoms with van der Waals surface area (Å²) in [5.74, 6) is 0. The Labute approximate surface area is 320 Å². The first-order valence-electron chi connectivity index (χ1n) is 17.6. The average molecular weight is 733 g/mol. The summed E-state index contributed by atoms with van der Waals surface area (Å²) in [4.78, 5) is 3.10. The summed E-state index contributed by atoms with van der Waals surface area (Å²) in [5.41, 5.74) is 6.63. The molecule has 264 valence electrons. The lowest BCUT2D eigenvalue weighted by molar-refractivity contribution is 0.596. The van der Waals surface area contributed by atoms with Gasteiger partial charge >= 0.3 is 0 Å². The Morgan fingerprint density at radius 3 is 0.909 bits per heavy atom. The molecule has 0 fully saturated rings. The van der Waals surface area contributed by atoms with E-state index in [0.717, 1.165) is 45.0 Å². The Morgan fingerprint density at radius 1 is 0.436 bits per heavy atom. The maximum absolute atomic E-state index is 14.6. The van der Waals surface area contributed by atoms with Gasteiger partial charge in [0.1, 0.15) is 24.3 Å². The highest BCUT2D eigenvalue weighted by Crippen LogP contribution is 2.55. The zero-order chi connectivity index (χ0) is 38.9. The number of anilines is 6. The van der Waals surface area contributed by atoms with Crippen molar-refractivity contribution in [2.45, 2.75) is 48.3 Å². The fourth-order valence-electron chi connectivity index (χ4n) is 8.31. The van der Waals surface area contributed by atoms with Crippen molar-refractivity contribution in [2.24, 2.45) is 0 Å². The molecule has 8 rings (SSSR count). The van der Waals surface area contributed by atoms with Gasteiger partial charge in [-0.05, 0) is 70.8 Å². The van der Waals surface area contributed by atoms with Gasteiger partial charge in [0.25, 0.3) is 0 Å². The molecular weight excluding hydrogens is 701 g/mol. The first kappa shape index (κ1) is 34.9. The minimum atomic E-state index is -4.49. The lowest BCUT2D eigenvalue weighted by Crippen LogP contribution is -2.31. The van der Waals surface area contributed by atoms with Crippen LogP contribution < -0.4 is 9.80 Å². The van der Waals surface area contributed by atoms with Gasteiger partial charge in [0.15, 0.2) is 0 Å². The van der Waals surface area contributed by atoms with Crippen molar-refractivity contribution in [3.05, 3.63) is 166 Å². The quantitative estimate of drug-likeness (QED) is 0.175. The van der Waals surface area contributed by atoms with E-state index >= 15 is 0 Å². The van der Waals surface area contributed by atoms with Crippen LogP contribution >= 0.6 is 0 Å². The van der Waals surface area contributed by atoms with Gasteiger partial charge in [0, 0.05) is 10.8 Å². The summed E-state index contributed by atoms with van der Waals surface area (Å²) in [6.07, 6.45) is 0. The lowest BCUT2D eigenvalue weighted by Gasteiger charge is -2.42. The van der Waals surface area contributed by atoms with Gasteiger partial charge < -0.3 is 9.80 Å². The summed E-state index contributed by atoms with van der Waals surface area (Å²) >= 11 is 0. The highest BCUT2D eigenvalue weighted by molar-refractivity contribution is 7.91. The van der Waals surface area contributed by atoms with Crippen molar-refractivity contribution in [3.63, 3.8) is 0 Å². The summed E-state index contributed by atoms with van der Waals surface area (Å²) < 4.78 is 29.2. The Morgan fingerprint density at radius 2 is 0.673 bits per heavy atom. The molecule has 0 amide bonds. The molecule has 2 heterocycles. The third kappa shape index (κ3) is 5.03. The van der Waals surface area contributed by atoms with Crippen molar-refractivity contribution in [3.8, 4) is 24.3 Å². The van der Waals surface area contributed by atoms with E-state index < -0.39 is 20.7 Å². The maximum Gasteiger partial charge on any atom is 0.206 e. The third-order valence-electron chi connectivity index (χ3n) is 11.0. The van der Waals surface area contributed by atoms with E-state index in [4.69, 9.17) is 0 Å². The van der Waals surface area contributed by atoms with Gasteiger partial charge in [-0.25, -0.2) is 8.42 Å². The largest absolute Gasteiger partial charge is 0.307 e. The lowest BCUT2D eigenvalue weighted by atomic mass is 9.73. The van der Waals surface area contributed by atoms with Gasteiger partial charge in [-0.1, -0.05) is 100 Å². The second-order valence-corrected chi connectivity index (χ2v) is 16.6. The number of para-hydroxylation sites is 4. The normalized spacial score (nSPS) is 14.5. The molecule has 8 nitrogen and oxygen atoms in total. The molecule has 0 N–H and O–H groups in total. The average Bonchev–Trinajstić information content (AvgIpc) is 3.20. The van der Waals surface area contributed by atoms with Crippen molar-refractivity contribution in [1.82, 2.24) is 0 Å². The zero-order valence-electron chi connectivity index (χ0n) is 30.5. The number of nitriles is 4. The fourth-order valence-corrected chi connectivity index (χ4v) is 9.67. The molecule has 0 aliphatic carbocycles. The van der Waals surface area contributed by atoms with Gasteiger partial charge in [-0.2, -0.15) is 21.0 Å². The monoisotopic (exact) mass is 732 g/mol. The van der Waals surface area contributed by atoms with Crippen LogP contribution in [0.15, 0.2) is 131 Å². The molecule has 0 unspecified atom stereocenters. The fraction of sp³-hybridized carbons (Fsp3) is 0.130. The van der Waals surface area contributed by atoms with E-state index in [1.54, 1.807) is 0 Å². The number of hydrogen-bond donors (Lipinski definition) is 0. The van der Waals surface area contributed by atoms with Crippen LogP contribution in [0.5, 0.6) is 0 Å². The van der Waals surface area contributed by atoms with E-state index in [2.05, 4.69) is 52.0 Å². The van der Waals surface area contributed by atoms with Crippen molar-refractivity contribution >= 4 is 44.0 Å². The van der Waals surface area contributed by atoms with Crippen LogP contribution in [-0.2, 0) is 20.7 Å². The van der Waals surface area contributed by atoms with E-state index in [9.17, 15) is 29.5 Å². The minimum Gasteiger partial charge on any atom is -0.307 e. The van der Waals surface area contributed by atoms with Crippen LogP contribution in [0.4, 0.5) is 34.1 Å². The molecule has 0 atom stereocenters. The maximum atomic E-state index is 14.6. The Bertz CT molecular complexity index is 2560. The molecule has 0 aromatic heterocycles. The van der Waals surface area contributed by atoms with Crippen LogP contribution in [0.1, 0.15) is 72.2 Å². The highest BCUT2D eigenvalue weighted by atomic mass is 32.2. The number of fused-ring (bicyclic) bond motifs is 4. The Balaban J connectivity index is 1.31. The van der Waals surface area contributed by atoms with E-state index in [1.807, 2.05) is 107 Å². The number of hydrogen-bond acceptors (Lipinski definition) is 8. The number of benzene rings is 6. The first-order valence-corrected chi connectivity index (χ1v) is 19.1. The van der Waals surface area contributed by atoms with Crippen molar-refractivity contribution < 1.29 is 8.42 Å². The van der Waals surface area contributed by atoms with Crippen LogP contribution in [0.3, 0.4) is 0 Å². The second kappa shape index (κ2) is 12.5. The second-order valence-electron chi connectivity index (χ2n) is 14.7. The van der Waals surface area contributed by atoms with E-state index in [-0.39, 0.29) is 43.4 Å². The van der Waals surface area contributed by atoms with Gasteiger partial charge in [0.05, 0.1) is 66.2 Å². The Hall–Kier alpha value is -7.17. The van der Waals surface area contributed by atoms with E-state index in [0.29, 0.717) is 0 Å². The molecule has 2 aliphatic rings. The van der Waals surface area contributed by atoms with Crippen molar-refractivity contribution in [1.29, 1.82) is 21.0 Å².